The third-order valence-corrected chi connectivity index (χ3v) is 2.53. The standard InChI is InChI=1S/C12H11N5O3/c1-7-2-3-8(5-14-7)16-12(18)10-4-9(17(19)20)6-15-11(10)13/h2-6H,1H3,(H2,13,15)(H,16,18). The number of nitrogen functional groups attached to an aromatic ring is 1. The fourth-order valence-electron chi connectivity index (χ4n) is 1.49. The lowest BCUT2D eigenvalue weighted by Crippen LogP contribution is -2.15. The predicted octanol–water partition coefficient (Wildman–Crippen LogP) is 1.53. The van der Waals surface area contributed by atoms with Gasteiger partial charge in [-0.1, -0.05) is 0 Å². The number of pyridine rings is 2. The van der Waals surface area contributed by atoms with Gasteiger partial charge in [0.25, 0.3) is 11.6 Å². The third-order valence-electron chi connectivity index (χ3n) is 2.53. The van der Waals surface area contributed by atoms with Gasteiger partial charge in [0.05, 0.1) is 22.4 Å². The van der Waals surface area contributed by atoms with Gasteiger partial charge in [0.1, 0.15) is 12.0 Å². The Morgan fingerprint density at radius 1 is 1.35 bits per heavy atom. The van der Waals surface area contributed by atoms with Gasteiger partial charge in [-0.25, -0.2) is 4.98 Å². The van der Waals surface area contributed by atoms with E-state index >= 15 is 0 Å². The Balaban J connectivity index is 2.26. The topological polar surface area (TPSA) is 124 Å². The zero-order valence-corrected chi connectivity index (χ0v) is 10.5. The fraction of sp³-hybridized carbons (Fsp3) is 0.0833. The SMILES string of the molecule is Cc1ccc(NC(=O)c2cc([N+](=O)[O-])cnc2N)cn1. The summed E-state index contributed by atoms with van der Waals surface area (Å²) in [6.45, 7) is 1.81. The Bertz CT molecular complexity index is 669. The minimum absolute atomic E-state index is 0.0558. The third kappa shape index (κ3) is 2.86. The van der Waals surface area contributed by atoms with Crippen molar-refractivity contribution in [3.05, 3.63) is 52.0 Å². The molecular formula is C12H11N5O3. The number of amides is 1. The molecule has 102 valence electrons. The molecule has 2 rings (SSSR count). The molecule has 0 unspecified atom stereocenters. The van der Waals surface area contributed by atoms with E-state index in [0.717, 1.165) is 18.0 Å². The van der Waals surface area contributed by atoms with E-state index in [0.29, 0.717) is 5.69 Å². The Labute approximate surface area is 113 Å². The van der Waals surface area contributed by atoms with Crippen molar-refractivity contribution in [2.75, 3.05) is 11.1 Å². The molecule has 0 spiro atoms. The van der Waals surface area contributed by atoms with Crippen molar-refractivity contribution in [2.45, 2.75) is 6.92 Å². The number of nitro groups is 1. The largest absolute Gasteiger partial charge is 0.383 e. The number of aryl methyl sites for hydroxylation is 1. The molecule has 2 aromatic heterocycles. The summed E-state index contributed by atoms with van der Waals surface area (Å²) in [6.07, 6.45) is 2.48. The van der Waals surface area contributed by atoms with Crippen LogP contribution in [0.5, 0.6) is 0 Å². The number of nitrogens with two attached hydrogens (primary N) is 1. The molecule has 0 aromatic carbocycles. The average Bonchev–Trinajstić information content (AvgIpc) is 2.41. The highest BCUT2D eigenvalue weighted by Crippen LogP contribution is 2.18. The van der Waals surface area contributed by atoms with Crippen LogP contribution < -0.4 is 11.1 Å². The lowest BCUT2D eigenvalue weighted by Gasteiger charge is -2.06. The van der Waals surface area contributed by atoms with Crippen LogP contribution in [-0.2, 0) is 0 Å². The van der Waals surface area contributed by atoms with Crippen molar-refractivity contribution < 1.29 is 9.72 Å². The Morgan fingerprint density at radius 3 is 2.70 bits per heavy atom. The van der Waals surface area contributed by atoms with E-state index in [-0.39, 0.29) is 17.1 Å². The molecule has 0 saturated carbocycles. The molecule has 0 fully saturated rings. The number of nitrogens with zero attached hydrogens (tertiary/aromatic N) is 3. The first-order chi connectivity index (χ1) is 9.47. The van der Waals surface area contributed by atoms with Gasteiger partial charge in [0.15, 0.2) is 0 Å². The van der Waals surface area contributed by atoms with Gasteiger partial charge < -0.3 is 11.1 Å². The number of hydrogen-bond acceptors (Lipinski definition) is 6. The van der Waals surface area contributed by atoms with Gasteiger partial charge in [-0.3, -0.25) is 19.9 Å². The average molecular weight is 273 g/mol. The Hall–Kier alpha value is -3.03. The lowest BCUT2D eigenvalue weighted by atomic mass is 10.2. The zero-order valence-electron chi connectivity index (χ0n) is 10.5. The fourth-order valence-corrected chi connectivity index (χ4v) is 1.49. The molecule has 8 heteroatoms. The van der Waals surface area contributed by atoms with Crippen molar-refractivity contribution in [1.82, 2.24) is 9.97 Å². The number of hydrogen-bond donors (Lipinski definition) is 2. The van der Waals surface area contributed by atoms with Crippen LogP contribution >= 0.6 is 0 Å². The molecule has 0 aliphatic rings. The summed E-state index contributed by atoms with van der Waals surface area (Å²) in [6, 6.07) is 4.48. The Morgan fingerprint density at radius 2 is 2.10 bits per heavy atom. The molecule has 0 aliphatic heterocycles. The smallest absolute Gasteiger partial charge is 0.288 e. The maximum absolute atomic E-state index is 12.0. The van der Waals surface area contributed by atoms with Crippen molar-refractivity contribution in [1.29, 1.82) is 0 Å². The highest BCUT2D eigenvalue weighted by atomic mass is 16.6. The van der Waals surface area contributed by atoms with Gasteiger partial charge in [-0.15, -0.1) is 0 Å². The molecule has 3 N–H and O–H groups in total. The summed E-state index contributed by atoms with van der Waals surface area (Å²) in [4.78, 5) is 29.7. The van der Waals surface area contributed by atoms with E-state index in [9.17, 15) is 14.9 Å². The second-order valence-corrected chi connectivity index (χ2v) is 4.03. The molecule has 8 nitrogen and oxygen atoms in total. The monoisotopic (exact) mass is 273 g/mol. The minimum atomic E-state index is -0.642. The van der Waals surface area contributed by atoms with Crippen LogP contribution in [0, 0.1) is 17.0 Å². The second kappa shape index (κ2) is 5.31. The summed E-state index contributed by atoms with van der Waals surface area (Å²) in [5.41, 5.74) is 6.47. The van der Waals surface area contributed by atoms with Gasteiger partial charge in [0, 0.05) is 11.8 Å². The van der Waals surface area contributed by atoms with Crippen molar-refractivity contribution >= 4 is 23.1 Å². The maximum Gasteiger partial charge on any atom is 0.288 e. The number of anilines is 2. The van der Waals surface area contributed by atoms with Crippen molar-refractivity contribution in [3.63, 3.8) is 0 Å². The van der Waals surface area contributed by atoms with Crippen LogP contribution in [0.3, 0.4) is 0 Å². The van der Waals surface area contributed by atoms with Gasteiger partial charge in [-0.2, -0.15) is 0 Å². The van der Waals surface area contributed by atoms with E-state index in [1.54, 1.807) is 12.1 Å². The lowest BCUT2D eigenvalue weighted by molar-refractivity contribution is -0.385. The van der Waals surface area contributed by atoms with Crippen LogP contribution in [0.25, 0.3) is 0 Å². The van der Waals surface area contributed by atoms with E-state index in [4.69, 9.17) is 5.73 Å². The number of carbonyl (C=O) groups excluding carboxylic acids is 1. The highest BCUT2D eigenvalue weighted by molar-refractivity contribution is 6.07. The van der Waals surface area contributed by atoms with Crippen LogP contribution in [0.1, 0.15) is 16.1 Å². The first-order valence-electron chi connectivity index (χ1n) is 5.61. The number of carbonyl (C=O) groups is 1. The summed E-state index contributed by atoms with van der Waals surface area (Å²) < 4.78 is 0. The van der Waals surface area contributed by atoms with Crippen LogP contribution in [0.2, 0.25) is 0 Å². The number of rotatable bonds is 3. The van der Waals surface area contributed by atoms with E-state index in [1.807, 2.05) is 6.92 Å². The molecule has 2 aromatic rings. The molecule has 0 atom stereocenters. The van der Waals surface area contributed by atoms with Gasteiger partial charge >= 0.3 is 0 Å². The summed E-state index contributed by atoms with van der Waals surface area (Å²) >= 11 is 0. The minimum Gasteiger partial charge on any atom is -0.383 e. The molecule has 0 saturated heterocycles. The molecule has 2 heterocycles. The number of nitrogens with one attached hydrogen (secondary N) is 1. The molecule has 20 heavy (non-hydrogen) atoms. The first kappa shape index (κ1) is 13.4. The second-order valence-electron chi connectivity index (χ2n) is 4.03. The predicted molar refractivity (Wildman–Crippen MR) is 72.2 cm³/mol. The summed E-state index contributed by atoms with van der Waals surface area (Å²) in [5, 5.41) is 13.2. The van der Waals surface area contributed by atoms with E-state index in [1.165, 1.54) is 6.20 Å². The molecule has 0 radical (unpaired) electrons. The van der Waals surface area contributed by atoms with Crippen LogP contribution in [0.15, 0.2) is 30.6 Å². The van der Waals surface area contributed by atoms with Crippen LogP contribution in [-0.4, -0.2) is 20.8 Å². The molecule has 1 amide bonds. The van der Waals surface area contributed by atoms with E-state index < -0.39 is 10.8 Å². The summed E-state index contributed by atoms with van der Waals surface area (Å²) in [5.74, 6) is -0.655. The van der Waals surface area contributed by atoms with Crippen molar-refractivity contribution in [2.24, 2.45) is 0 Å². The van der Waals surface area contributed by atoms with Crippen molar-refractivity contribution in [3.8, 4) is 0 Å². The quantitative estimate of drug-likeness (QED) is 0.645. The molecule has 0 bridgehead atoms. The maximum atomic E-state index is 12.0. The van der Waals surface area contributed by atoms with Crippen LogP contribution in [0.4, 0.5) is 17.2 Å². The number of aromatic nitrogens is 2. The highest BCUT2D eigenvalue weighted by Gasteiger charge is 2.16. The van der Waals surface area contributed by atoms with Gasteiger partial charge in [-0.05, 0) is 19.1 Å². The molecule has 0 aliphatic carbocycles. The summed E-state index contributed by atoms with van der Waals surface area (Å²) in [7, 11) is 0. The first-order valence-corrected chi connectivity index (χ1v) is 5.61. The van der Waals surface area contributed by atoms with Gasteiger partial charge in [0.2, 0.25) is 0 Å². The Kier molecular flexibility index (Phi) is 3.56. The zero-order chi connectivity index (χ0) is 14.7. The van der Waals surface area contributed by atoms with E-state index in [2.05, 4.69) is 15.3 Å². The normalized spacial score (nSPS) is 10.1. The molecular weight excluding hydrogens is 262 g/mol.